The Morgan fingerprint density at radius 1 is 0.696 bits per heavy atom. The number of rotatable bonds is 4. The van der Waals surface area contributed by atoms with Crippen molar-refractivity contribution < 1.29 is 14.3 Å². The monoisotopic (exact) mass is 619 g/mol. The maximum atomic E-state index is 9.58. The standard InChI is InChI=1S/C15H16BNO.C13H13BN2O2.2C2H3N.2C2H6/c1-16-15-9-8-14(10-12(15)11-18-16)17(2)13-6-4-3-5-7-13;1-16(13-4-2-3-7-15-13)11-5-6-12-10(8-11)9-18-14(12)17;2*1-2-3;2*1-2/h3-10H,11H2,1-2H3;2-8,17H,9H2,1H3;2*1H3;2*1-2H3. The van der Waals surface area contributed by atoms with Crippen LogP contribution in [0.15, 0.2) is 91.1 Å². The Labute approximate surface area is 277 Å². The molecule has 2 aliphatic rings. The third kappa shape index (κ3) is 11.4. The summed E-state index contributed by atoms with van der Waals surface area (Å²) in [5, 5.41) is 24.2. The van der Waals surface area contributed by atoms with Crippen molar-refractivity contribution in [2.24, 2.45) is 0 Å². The van der Waals surface area contributed by atoms with Crippen LogP contribution in [0.2, 0.25) is 6.82 Å². The molecule has 8 nitrogen and oxygen atoms in total. The molecular weight excluding hydrogens is 572 g/mol. The minimum atomic E-state index is -0.783. The van der Waals surface area contributed by atoms with Crippen LogP contribution in [-0.2, 0) is 22.5 Å². The van der Waals surface area contributed by atoms with Crippen LogP contribution < -0.4 is 20.7 Å². The number of nitriles is 2. The number of pyridine rings is 1. The maximum Gasteiger partial charge on any atom is 0.491 e. The maximum absolute atomic E-state index is 9.58. The normalized spacial score (nSPS) is 11.2. The van der Waals surface area contributed by atoms with Gasteiger partial charge in [-0.05, 0) is 70.6 Å². The van der Waals surface area contributed by atoms with Crippen molar-refractivity contribution in [2.45, 2.75) is 61.6 Å². The first-order valence-electron chi connectivity index (χ1n) is 15.6. The molecule has 3 heterocycles. The lowest BCUT2D eigenvalue weighted by atomic mass is 9.64. The van der Waals surface area contributed by atoms with Gasteiger partial charge < -0.3 is 24.1 Å². The summed E-state index contributed by atoms with van der Waals surface area (Å²) in [5.41, 5.74) is 7.95. The van der Waals surface area contributed by atoms with Crippen LogP contribution in [-0.4, -0.2) is 38.1 Å². The molecule has 0 bridgehead atoms. The van der Waals surface area contributed by atoms with E-state index in [9.17, 15) is 5.02 Å². The number of anilines is 4. The minimum absolute atomic E-state index is 0.232. The largest absolute Gasteiger partial charge is 0.491 e. The summed E-state index contributed by atoms with van der Waals surface area (Å²) in [7, 11) is 3.28. The Hall–Kier alpha value is -4.60. The molecule has 0 radical (unpaired) electrons. The zero-order valence-corrected chi connectivity index (χ0v) is 28.7. The van der Waals surface area contributed by atoms with Gasteiger partial charge >= 0.3 is 14.0 Å². The summed E-state index contributed by atoms with van der Waals surface area (Å²) in [4.78, 5) is 8.51. The van der Waals surface area contributed by atoms with Crippen molar-refractivity contribution in [3.63, 3.8) is 0 Å². The number of hydrogen-bond donors (Lipinski definition) is 1. The van der Waals surface area contributed by atoms with Crippen molar-refractivity contribution in [1.82, 2.24) is 4.98 Å². The number of nitrogens with zero attached hydrogens (tertiary/aromatic N) is 5. The lowest BCUT2D eigenvalue weighted by Crippen LogP contribution is -2.28. The number of benzene rings is 3. The predicted octanol–water partition coefficient (Wildman–Crippen LogP) is 6.99. The predicted molar refractivity (Wildman–Crippen MR) is 193 cm³/mol. The zero-order chi connectivity index (χ0) is 34.5. The van der Waals surface area contributed by atoms with Gasteiger partial charge in [0.1, 0.15) is 5.82 Å². The van der Waals surface area contributed by atoms with E-state index in [2.05, 4.69) is 66.2 Å². The van der Waals surface area contributed by atoms with E-state index >= 15 is 0 Å². The molecule has 0 amide bonds. The second-order valence-corrected chi connectivity index (χ2v) is 9.47. The van der Waals surface area contributed by atoms with Crippen LogP contribution in [0, 0.1) is 22.7 Å². The first-order valence-corrected chi connectivity index (χ1v) is 15.6. The van der Waals surface area contributed by atoms with Gasteiger partial charge in [0.25, 0.3) is 0 Å². The fourth-order valence-electron chi connectivity index (χ4n) is 4.54. The number of fused-ring (bicyclic) bond motifs is 2. The van der Waals surface area contributed by atoms with E-state index in [-0.39, 0.29) is 6.92 Å². The molecule has 0 aliphatic carbocycles. The van der Waals surface area contributed by atoms with E-state index in [1.165, 1.54) is 36.2 Å². The molecule has 0 unspecified atom stereocenters. The summed E-state index contributed by atoms with van der Waals surface area (Å²) in [5.74, 6) is 0.886. The van der Waals surface area contributed by atoms with E-state index in [0.29, 0.717) is 6.61 Å². The van der Waals surface area contributed by atoms with E-state index in [1.807, 2.05) is 82.1 Å². The van der Waals surface area contributed by atoms with E-state index in [4.69, 9.17) is 19.8 Å². The fraction of sp³-hybridized carbons (Fsp3) is 0.306. The number of hydrogen-bond acceptors (Lipinski definition) is 8. The molecule has 46 heavy (non-hydrogen) atoms. The van der Waals surface area contributed by atoms with Gasteiger partial charge in [0, 0.05) is 51.2 Å². The molecule has 2 aliphatic heterocycles. The van der Waals surface area contributed by atoms with Gasteiger partial charge in [0.2, 0.25) is 0 Å². The van der Waals surface area contributed by atoms with E-state index < -0.39 is 7.12 Å². The van der Waals surface area contributed by atoms with Gasteiger partial charge in [-0.3, -0.25) is 0 Å². The second-order valence-electron chi connectivity index (χ2n) is 9.47. The summed E-state index contributed by atoms with van der Waals surface area (Å²) < 4.78 is 10.8. The summed E-state index contributed by atoms with van der Waals surface area (Å²) in [6.07, 6.45) is 1.77. The molecule has 240 valence electrons. The van der Waals surface area contributed by atoms with Crippen LogP contribution in [0.4, 0.5) is 22.9 Å². The lowest BCUT2D eigenvalue weighted by Gasteiger charge is -2.20. The molecule has 0 saturated heterocycles. The smallest absolute Gasteiger partial charge is 0.427 e. The highest BCUT2D eigenvalue weighted by molar-refractivity contribution is 6.67. The van der Waals surface area contributed by atoms with Crippen LogP contribution >= 0.6 is 0 Å². The summed E-state index contributed by atoms with van der Waals surface area (Å²) >= 11 is 0. The first-order chi connectivity index (χ1) is 22.3. The van der Waals surface area contributed by atoms with Gasteiger partial charge in [-0.15, -0.1) is 0 Å². The molecule has 1 aromatic heterocycles. The van der Waals surface area contributed by atoms with Crippen LogP contribution in [0.25, 0.3) is 0 Å². The quantitative estimate of drug-likeness (QED) is 0.244. The Morgan fingerprint density at radius 3 is 1.76 bits per heavy atom. The van der Waals surface area contributed by atoms with Gasteiger partial charge in [0.05, 0.1) is 25.4 Å². The second kappa shape index (κ2) is 22.0. The van der Waals surface area contributed by atoms with Gasteiger partial charge in [-0.1, -0.05) is 70.9 Å². The molecule has 1 N–H and O–H groups in total. The van der Waals surface area contributed by atoms with Crippen LogP contribution in [0.1, 0.15) is 52.7 Å². The Balaban J connectivity index is 0.000000360. The number of aromatic nitrogens is 1. The van der Waals surface area contributed by atoms with E-state index in [1.54, 1.807) is 18.3 Å². The highest BCUT2D eigenvalue weighted by atomic mass is 16.5. The topological polar surface area (TPSA) is 106 Å². The highest BCUT2D eigenvalue weighted by Crippen LogP contribution is 2.26. The Bertz CT molecular complexity index is 1400. The Kier molecular flexibility index (Phi) is 18.8. The van der Waals surface area contributed by atoms with E-state index in [0.717, 1.165) is 29.1 Å². The molecule has 0 saturated carbocycles. The molecule has 3 aromatic carbocycles. The molecule has 6 rings (SSSR count). The SMILES string of the molecule is CB1OCc2cc(N(C)c3ccccc3)ccc21.CC.CC.CC#N.CC#N.CN(c1ccc2c(c1)COB2O)c1ccccn1. The fourth-order valence-corrected chi connectivity index (χ4v) is 4.54. The Morgan fingerprint density at radius 2 is 1.20 bits per heavy atom. The van der Waals surface area contributed by atoms with Crippen LogP contribution in [0.3, 0.4) is 0 Å². The third-order valence-electron chi connectivity index (χ3n) is 6.75. The van der Waals surface area contributed by atoms with Gasteiger partial charge in [-0.2, -0.15) is 10.5 Å². The third-order valence-corrected chi connectivity index (χ3v) is 6.75. The molecule has 4 aromatic rings. The number of para-hydroxylation sites is 1. The average Bonchev–Trinajstić information content (AvgIpc) is 3.68. The molecule has 0 atom stereocenters. The average molecular weight is 619 g/mol. The van der Waals surface area contributed by atoms with Crippen LogP contribution in [0.5, 0.6) is 0 Å². The van der Waals surface area contributed by atoms with Crippen molar-refractivity contribution in [3.05, 3.63) is 102 Å². The van der Waals surface area contributed by atoms with Crippen molar-refractivity contribution in [3.8, 4) is 12.1 Å². The minimum Gasteiger partial charge on any atom is -0.427 e. The van der Waals surface area contributed by atoms with Crippen molar-refractivity contribution in [2.75, 3.05) is 23.9 Å². The van der Waals surface area contributed by atoms with Crippen molar-refractivity contribution >= 4 is 47.8 Å². The highest BCUT2D eigenvalue weighted by Gasteiger charge is 2.27. The van der Waals surface area contributed by atoms with Gasteiger partial charge in [-0.25, -0.2) is 4.98 Å². The molecule has 0 fully saturated rings. The molecule has 0 spiro atoms. The summed E-state index contributed by atoms with van der Waals surface area (Å²) in [6.45, 7) is 14.4. The van der Waals surface area contributed by atoms with Gasteiger partial charge in [0.15, 0.2) is 0 Å². The summed E-state index contributed by atoms with van der Waals surface area (Å²) in [6, 6.07) is 32.2. The molecular formula is C36H47B2N5O3. The zero-order valence-electron chi connectivity index (χ0n) is 28.7. The first kappa shape index (κ1) is 39.4. The molecule has 10 heteroatoms. The van der Waals surface area contributed by atoms with Crippen molar-refractivity contribution in [1.29, 1.82) is 10.5 Å². The lowest BCUT2D eigenvalue weighted by molar-refractivity contribution is 0.275.